The van der Waals surface area contributed by atoms with Crippen LogP contribution in [0.3, 0.4) is 0 Å². The Kier molecular flexibility index (Phi) is 5.77. The molecule has 0 aromatic carbocycles. The summed E-state index contributed by atoms with van der Waals surface area (Å²) in [6.07, 6.45) is 0.0426. The van der Waals surface area contributed by atoms with Crippen molar-refractivity contribution in [2.24, 2.45) is 0 Å². The molecule has 2 amide bonds. The first-order valence-electron chi connectivity index (χ1n) is 7.31. The molecule has 2 rings (SSSR count). The van der Waals surface area contributed by atoms with Crippen molar-refractivity contribution in [3.63, 3.8) is 0 Å². The van der Waals surface area contributed by atoms with Gasteiger partial charge in [-0.3, -0.25) is 9.69 Å². The number of piperazine rings is 1. The number of nitrogens with zero attached hydrogens (tertiary/aromatic N) is 3. The zero-order valence-corrected chi connectivity index (χ0v) is 12.5. The van der Waals surface area contributed by atoms with Crippen LogP contribution in [0.4, 0.5) is 4.79 Å². The molecule has 8 nitrogen and oxygen atoms in total. The summed E-state index contributed by atoms with van der Waals surface area (Å²) in [6.45, 7) is 5.32. The highest BCUT2D eigenvalue weighted by Gasteiger charge is 2.23. The van der Waals surface area contributed by atoms with Crippen molar-refractivity contribution in [2.45, 2.75) is 6.10 Å². The van der Waals surface area contributed by atoms with E-state index in [0.717, 1.165) is 13.1 Å². The molecule has 120 valence electrons. The van der Waals surface area contributed by atoms with Crippen LogP contribution in [-0.4, -0.2) is 104 Å². The molecule has 0 saturated carbocycles. The first-order chi connectivity index (χ1) is 10.0. The Balaban J connectivity index is 1.66. The fourth-order valence-corrected chi connectivity index (χ4v) is 2.60. The van der Waals surface area contributed by atoms with Gasteiger partial charge in [-0.15, -0.1) is 0 Å². The Morgan fingerprint density at radius 1 is 1.24 bits per heavy atom. The van der Waals surface area contributed by atoms with E-state index < -0.39 is 5.97 Å². The number of urea groups is 1. The van der Waals surface area contributed by atoms with Crippen LogP contribution in [0.1, 0.15) is 0 Å². The number of ether oxygens (including phenoxy) is 1. The number of carboxylic acids is 1. The summed E-state index contributed by atoms with van der Waals surface area (Å²) in [5.74, 6) is -0.827. The third kappa shape index (κ3) is 5.14. The van der Waals surface area contributed by atoms with E-state index in [1.165, 1.54) is 0 Å². The van der Waals surface area contributed by atoms with Gasteiger partial charge in [-0.2, -0.15) is 0 Å². The quantitative estimate of drug-likeness (QED) is 0.673. The van der Waals surface area contributed by atoms with Crippen molar-refractivity contribution in [3.8, 4) is 0 Å². The highest BCUT2D eigenvalue weighted by atomic mass is 16.5. The normalized spacial score (nSPS) is 24.8. The fraction of sp³-hybridized carbons (Fsp3) is 0.846. The smallest absolute Gasteiger partial charge is 0.317 e. The molecule has 8 heteroatoms. The highest BCUT2D eigenvalue weighted by molar-refractivity contribution is 5.74. The summed E-state index contributed by atoms with van der Waals surface area (Å²) >= 11 is 0. The van der Waals surface area contributed by atoms with Gasteiger partial charge in [0.25, 0.3) is 0 Å². The summed E-state index contributed by atoms with van der Waals surface area (Å²) in [7, 11) is 2.04. The molecule has 2 N–H and O–H groups in total. The van der Waals surface area contributed by atoms with Crippen LogP contribution < -0.4 is 5.32 Å². The molecule has 0 radical (unpaired) electrons. The average molecular weight is 300 g/mol. The summed E-state index contributed by atoms with van der Waals surface area (Å²) in [5.41, 5.74) is 0. The summed E-state index contributed by atoms with van der Waals surface area (Å²) < 4.78 is 5.60. The van der Waals surface area contributed by atoms with E-state index in [0.29, 0.717) is 39.3 Å². The Labute approximate surface area is 124 Å². The molecule has 0 spiro atoms. The number of morpholine rings is 1. The van der Waals surface area contributed by atoms with Crippen molar-refractivity contribution in [1.82, 2.24) is 20.0 Å². The summed E-state index contributed by atoms with van der Waals surface area (Å²) in [4.78, 5) is 28.4. The molecule has 0 aromatic heterocycles. The van der Waals surface area contributed by atoms with Crippen LogP contribution in [0.25, 0.3) is 0 Å². The molecule has 2 aliphatic heterocycles. The Morgan fingerprint density at radius 3 is 2.57 bits per heavy atom. The molecule has 2 aliphatic rings. The van der Waals surface area contributed by atoms with Gasteiger partial charge < -0.3 is 25.0 Å². The van der Waals surface area contributed by atoms with Gasteiger partial charge in [-0.1, -0.05) is 0 Å². The Hall–Kier alpha value is -1.38. The highest BCUT2D eigenvalue weighted by Crippen LogP contribution is 2.04. The average Bonchev–Trinajstić information content (AvgIpc) is 2.45. The second-order valence-corrected chi connectivity index (χ2v) is 5.60. The molecule has 2 heterocycles. The van der Waals surface area contributed by atoms with Crippen LogP contribution >= 0.6 is 0 Å². The van der Waals surface area contributed by atoms with Crippen molar-refractivity contribution in [3.05, 3.63) is 0 Å². The Morgan fingerprint density at radius 2 is 1.95 bits per heavy atom. The number of amides is 2. The molecule has 2 saturated heterocycles. The van der Waals surface area contributed by atoms with E-state index in [1.54, 1.807) is 4.90 Å². The van der Waals surface area contributed by atoms with Gasteiger partial charge in [0.1, 0.15) is 0 Å². The van der Waals surface area contributed by atoms with Crippen LogP contribution in [0.5, 0.6) is 0 Å². The third-order valence-corrected chi connectivity index (χ3v) is 3.84. The van der Waals surface area contributed by atoms with Crippen molar-refractivity contribution >= 4 is 12.0 Å². The number of hydrogen-bond acceptors (Lipinski definition) is 5. The van der Waals surface area contributed by atoms with Gasteiger partial charge in [0.15, 0.2) is 0 Å². The molecule has 0 aromatic rings. The monoisotopic (exact) mass is 300 g/mol. The number of carboxylic acid groups (broad SMARTS) is 1. The molecule has 2 fully saturated rings. The van der Waals surface area contributed by atoms with Crippen LogP contribution in [-0.2, 0) is 9.53 Å². The van der Waals surface area contributed by atoms with E-state index in [-0.39, 0.29) is 18.7 Å². The van der Waals surface area contributed by atoms with E-state index in [2.05, 4.69) is 10.2 Å². The first-order valence-corrected chi connectivity index (χ1v) is 7.31. The minimum atomic E-state index is -0.827. The predicted octanol–water partition coefficient (Wildman–Crippen LogP) is -1.27. The Bertz CT molecular complexity index is 371. The number of likely N-dealkylation sites (N-methyl/N-ethyl adjacent to an activating group) is 1. The minimum Gasteiger partial charge on any atom is -0.480 e. The lowest BCUT2D eigenvalue weighted by molar-refractivity contribution is -0.138. The number of carbonyl (C=O) groups is 2. The number of hydrogen-bond donors (Lipinski definition) is 2. The van der Waals surface area contributed by atoms with E-state index in [1.807, 2.05) is 11.9 Å². The first kappa shape index (κ1) is 16.0. The molecular weight excluding hydrogens is 276 g/mol. The minimum absolute atomic E-state index is 0.0394. The van der Waals surface area contributed by atoms with E-state index in [9.17, 15) is 9.59 Å². The number of carbonyl (C=O) groups excluding carboxylic acids is 1. The molecular formula is C13H24N4O4. The van der Waals surface area contributed by atoms with Gasteiger partial charge in [-0.05, 0) is 7.05 Å². The number of nitrogens with one attached hydrogen (secondary N) is 1. The topological polar surface area (TPSA) is 85.4 Å². The predicted molar refractivity (Wildman–Crippen MR) is 76.3 cm³/mol. The number of aliphatic carboxylic acids is 1. The third-order valence-electron chi connectivity index (χ3n) is 3.84. The standard InChI is InChI=1S/C13H24N4O4/c1-15-6-7-21-11(9-15)8-14-13(20)17-4-2-16(3-5-17)10-12(18)19/h11H,2-10H2,1H3,(H,14,20)(H,18,19). The van der Waals surface area contributed by atoms with Crippen LogP contribution in [0, 0.1) is 0 Å². The maximum absolute atomic E-state index is 12.1. The largest absolute Gasteiger partial charge is 0.480 e. The van der Waals surface area contributed by atoms with Crippen LogP contribution in [0.2, 0.25) is 0 Å². The molecule has 1 atom stereocenters. The second kappa shape index (κ2) is 7.58. The van der Waals surface area contributed by atoms with Gasteiger partial charge in [0.05, 0.1) is 19.3 Å². The lowest BCUT2D eigenvalue weighted by Crippen LogP contribution is -2.54. The molecule has 21 heavy (non-hydrogen) atoms. The van der Waals surface area contributed by atoms with Gasteiger partial charge >= 0.3 is 12.0 Å². The van der Waals surface area contributed by atoms with Crippen molar-refractivity contribution in [1.29, 1.82) is 0 Å². The summed E-state index contributed by atoms with van der Waals surface area (Å²) in [5, 5.41) is 11.6. The van der Waals surface area contributed by atoms with Gasteiger partial charge in [-0.25, -0.2) is 4.79 Å². The zero-order valence-electron chi connectivity index (χ0n) is 12.5. The SMILES string of the molecule is CN1CCOC(CNC(=O)N2CCN(CC(=O)O)CC2)C1. The van der Waals surface area contributed by atoms with Crippen LogP contribution in [0.15, 0.2) is 0 Å². The number of rotatable bonds is 4. The molecule has 0 aliphatic carbocycles. The van der Waals surface area contributed by atoms with Gasteiger partial charge in [0, 0.05) is 45.8 Å². The fourth-order valence-electron chi connectivity index (χ4n) is 2.60. The molecule has 1 unspecified atom stereocenters. The lowest BCUT2D eigenvalue weighted by Gasteiger charge is -2.35. The second-order valence-electron chi connectivity index (χ2n) is 5.60. The van der Waals surface area contributed by atoms with Crippen molar-refractivity contribution in [2.75, 3.05) is 66.0 Å². The summed E-state index contributed by atoms with van der Waals surface area (Å²) in [6, 6.07) is -0.0956. The maximum Gasteiger partial charge on any atom is 0.317 e. The van der Waals surface area contributed by atoms with E-state index >= 15 is 0 Å². The zero-order chi connectivity index (χ0) is 15.2. The molecule has 0 bridgehead atoms. The maximum atomic E-state index is 12.1. The van der Waals surface area contributed by atoms with E-state index in [4.69, 9.17) is 9.84 Å². The van der Waals surface area contributed by atoms with Crippen molar-refractivity contribution < 1.29 is 19.4 Å². The lowest BCUT2D eigenvalue weighted by atomic mass is 10.3. The van der Waals surface area contributed by atoms with Gasteiger partial charge in [0.2, 0.25) is 0 Å².